The normalized spacial score (nSPS) is 27.0. The molecule has 0 bridgehead atoms. The molecule has 0 radical (unpaired) electrons. The molecule has 1 aromatic carbocycles. The van der Waals surface area contributed by atoms with Crippen molar-refractivity contribution in [3.63, 3.8) is 0 Å². The highest BCUT2D eigenvalue weighted by Crippen LogP contribution is 2.43. The Morgan fingerprint density at radius 3 is 2.87 bits per heavy atom. The predicted molar refractivity (Wildman–Crippen MR) is 92.9 cm³/mol. The van der Waals surface area contributed by atoms with E-state index in [0.717, 1.165) is 26.1 Å². The lowest BCUT2D eigenvalue weighted by Crippen LogP contribution is -2.47. The molecule has 1 aliphatic carbocycles. The van der Waals surface area contributed by atoms with Gasteiger partial charge >= 0.3 is 0 Å². The van der Waals surface area contributed by atoms with Crippen molar-refractivity contribution in [2.24, 2.45) is 11.3 Å². The number of nitrogens with one attached hydrogen (secondary N) is 2. The zero-order valence-corrected chi connectivity index (χ0v) is 14.4. The predicted octanol–water partition coefficient (Wildman–Crippen LogP) is 2.14. The SMILES string of the molecule is CN(C)Cc1ccccc1CNC(=O)[C@@]12CCCC[C@H]1CNC2. The molecule has 126 valence electrons. The lowest BCUT2D eigenvalue weighted by atomic mass is 9.67. The quantitative estimate of drug-likeness (QED) is 0.875. The average Bonchev–Trinajstić information content (AvgIpc) is 2.98. The Morgan fingerprint density at radius 2 is 2.09 bits per heavy atom. The highest BCUT2D eigenvalue weighted by Gasteiger charge is 2.49. The van der Waals surface area contributed by atoms with Crippen LogP contribution in [-0.2, 0) is 17.9 Å². The van der Waals surface area contributed by atoms with Gasteiger partial charge in [0.25, 0.3) is 0 Å². The summed E-state index contributed by atoms with van der Waals surface area (Å²) in [5.74, 6) is 0.778. The lowest BCUT2D eigenvalue weighted by molar-refractivity contribution is -0.134. The van der Waals surface area contributed by atoms with E-state index < -0.39 is 0 Å². The summed E-state index contributed by atoms with van der Waals surface area (Å²) in [4.78, 5) is 15.1. The fourth-order valence-electron chi connectivity index (χ4n) is 4.27. The summed E-state index contributed by atoms with van der Waals surface area (Å²) in [5.41, 5.74) is 2.36. The molecule has 0 spiro atoms. The van der Waals surface area contributed by atoms with Gasteiger partial charge in [-0.15, -0.1) is 0 Å². The molecule has 0 aromatic heterocycles. The van der Waals surface area contributed by atoms with Crippen molar-refractivity contribution in [3.8, 4) is 0 Å². The minimum atomic E-state index is -0.158. The molecule has 2 atom stereocenters. The van der Waals surface area contributed by atoms with Crippen LogP contribution in [0.4, 0.5) is 0 Å². The van der Waals surface area contributed by atoms with E-state index in [1.54, 1.807) is 0 Å². The first-order chi connectivity index (χ1) is 11.1. The van der Waals surface area contributed by atoms with Crippen LogP contribution in [0.2, 0.25) is 0 Å². The number of carbonyl (C=O) groups is 1. The molecule has 4 heteroatoms. The van der Waals surface area contributed by atoms with E-state index >= 15 is 0 Å². The van der Waals surface area contributed by atoms with Gasteiger partial charge in [-0.1, -0.05) is 37.1 Å². The third-order valence-electron chi connectivity index (χ3n) is 5.53. The molecule has 2 fully saturated rings. The molecule has 4 nitrogen and oxygen atoms in total. The maximum Gasteiger partial charge on any atom is 0.228 e. The van der Waals surface area contributed by atoms with Gasteiger partial charge in [0.1, 0.15) is 0 Å². The maximum absolute atomic E-state index is 12.9. The van der Waals surface area contributed by atoms with Gasteiger partial charge < -0.3 is 15.5 Å². The van der Waals surface area contributed by atoms with Gasteiger partial charge in [0.05, 0.1) is 5.41 Å². The van der Waals surface area contributed by atoms with Crippen LogP contribution in [0, 0.1) is 11.3 Å². The molecule has 23 heavy (non-hydrogen) atoms. The van der Waals surface area contributed by atoms with Gasteiger partial charge in [-0.2, -0.15) is 0 Å². The molecule has 1 saturated heterocycles. The van der Waals surface area contributed by atoms with Gasteiger partial charge in [0.15, 0.2) is 0 Å². The first-order valence-electron chi connectivity index (χ1n) is 8.82. The fraction of sp³-hybridized carbons (Fsp3) is 0.632. The fourth-order valence-corrected chi connectivity index (χ4v) is 4.27. The highest BCUT2D eigenvalue weighted by atomic mass is 16.2. The van der Waals surface area contributed by atoms with Crippen molar-refractivity contribution in [2.75, 3.05) is 27.2 Å². The van der Waals surface area contributed by atoms with Gasteiger partial charge in [0.2, 0.25) is 5.91 Å². The van der Waals surface area contributed by atoms with E-state index in [9.17, 15) is 4.79 Å². The van der Waals surface area contributed by atoms with Crippen LogP contribution in [-0.4, -0.2) is 38.0 Å². The van der Waals surface area contributed by atoms with E-state index in [1.165, 1.54) is 30.4 Å². The van der Waals surface area contributed by atoms with Crippen molar-refractivity contribution in [3.05, 3.63) is 35.4 Å². The van der Waals surface area contributed by atoms with Gasteiger partial charge in [0, 0.05) is 19.6 Å². The van der Waals surface area contributed by atoms with Crippen LogP contribution < -0.4 is 10.6 Å². The molecule has 1 saturated carbocycles. The first-order valence-corrected chi connectivity index (χ1v) is 8.82. The zero-order valence-electron chi connectivity index (χ0n) is 14.4. The Hall–Kier alpha value is -1.39. The number of benzene rings is 1. The van der Waals surface area contributed by atoms with Crippen LogP contribution in [0.15, 0.2) is 24.3 Å². The second kappa shape index (κ2) is 7.02. The minimum Gasteiger partial charge on any atom is -0.351 e. The van der Waals surface area contributed by atoms with Crippen molar-refractivity contribution in [1.29, 1.82) is 0 Å². The van der Waals surface area contributed by atoms with Crippen molar-refractivity contribution >= 4 is 5.91 Å². The topological polar surface area (TPSA) is 44.4 Å². The number of fused-ring (bicyclic) bond motifs is 1. The van der Waals surface area contributed by atoms with E-state index in [-0.39, 0.29) is 11.3 Å². The smallest absolute Gasteiger partial charge is 0.228 e. The van der Waals surface area contributed by atoms with E-state index in [4.69, 9.17) is 0 Å². The number of hydrogen-bond acceptors (Lipinski definition) is 3. The van der Waals surface area contributed by atoms with E-state index in [1.807, 2.05) is 0 Å². The summed E-state index contributed by atoms with van der Waals surface area (Å²) in [6, 6.07) is 8.41. The van der Waals surface area contributed by atoms with Crippen molar-refractivity contribution < 1.29 is 4.79 Å². The monoisotopic (exact) mass is 315 g/mol. The summed E-state index contributed by atoms with van der Waals surface area (Å²) >= 11 is 0. The van der Waals surface area contributed by atoms with E-state index in [0.29, 0.717) is 12.5 Å². The van der Waals surface area contributed by atoms with Crippen LogP contribution in [0.1, 0.15) is 36.8 Å². The number of nitrogens with zero attached hydrogens (tertiary/aromatic N) is 1. The minimum absolute atomic E-state index is 0.158. The second-order valence-corrected chi connectivity index (χ2v) is 7.42. The molecule has 1 amide bonds. The Balaban J connectivity index is 1.67. The lowest BCUT2D eigenvalue weighted by Gasteiger charge is -2.37. The number of hydrogen-bond donors (Lipinski definition) is 2. The molecule has 3 rings (SSSR count). The summed E-state index contributed by atoms with van der Waals surface area (Å²) < 4.78 is 0. The largest absolute Gasteiger partial charge is 0.351 e. The molecular weight excluding hydrogens is 286 g/mol. The van der Waals surface area contributed by atoms with Crippen LogP contribution in [0.5, 0.6) is 0 Å². The Labute approximate surface area is 139 Å². The van der Waals surface area contributed by atoms with Crippen molar-refractivity contribution in [1.82, 2.24) is 15.5 Å². The average molecular weight is 315 g/mol. The van der Waals surface area contributed by atoms with Crippen LogP contribution in [0.25, 0.3) is 0 Å². The highest BCUT2D eigenvalue weighted by molar-refractivity contribution is 5.83. The second-order valence-electron chi connectivity index (χ2n) is 7.42. The summed E-state index contributed by atoms with van der Waals surface area (Å²) in [5, 5.41) is 6.70. The first kappa shape index (κ1) is 16.5. The Kier molecular flexibility index (Phi) is 5.02. The van der Waals surface area contributed by atoms with Crippen molar-refractivity contribution in [2.45, 2.75) is 38.8 Å². The standard InChI is InChI=1S/C19H29N3O/c1-22(2)13-16-8-4-3-7-15(16)11-21-18(23)19-10-6-5-9-17(19)12-20-14-19/h3-4,7-8,17,20H,5-6,9-14H2,1-2H3,(H,21,23)/t17-,19+/m0/s1. The van der Waals surface area contributed by atoms with Crippen LogP contribution >= 0.6 is 0 Å². The molecule has 1 aromatic rings. The van der Waals surface area contributed by atoms with Gasteiger partial charge in [-0.05, 0) is 50.5 Å². The summed E-state index contributed by atoms with van der Waals surface area (Å²) in [6.45, 7) is 3.40. The van der Waals surface area contributed by atoms with E-state index in [2.05, 4.69) is 53.9 Å². The molecule has 1 aliphatic heterocycles. The van der Waals surface area contributed by atoms with Gasteiger partial charge in [-0.25, -0.2) is 0 Å². The molecule has 2 aliphatic rings. The third kappa shape index (κ3) is 3.43. The summed E-state index contributed by atoms with van der Waals surface area (Å²) in [6.07, 6.45) is 4.68. The number of rotatable bonds is 5. The van der Waals surface area contributed by atoms with Crippen LogP contribution in [0.3, 0.4) is 0 Å². The third-order valence-corrected chi connectivity index (χ3v) is 5.53. The number of carbonyl (C=O) groups excluding carboxylic acids is 1. The molecule has 0 unspecified atom stereocenters. The maximum atomic E-state index is 12.9. The molecule has 1 heterocycles. The number of amides is 1. The Bertz CT molecular complexity index is 557. The molecular formula is C19H29N3O. The van der Waals surface area contributed by atoms with Gasteiger partial charge in [-0.3, -0.25) is 4.79 Å². The summed E-state index contributed by atoms with van der Waals surface area (Å²) in [7, 11) is 4.15. The zero-order chi connectivity index (χ0) is 16.3. The Morgan fingerprint density at radius 1 is 1.30 bits per heavy atom. The molecule has 2 N–H and O–H groups in total.